The standard InChI is InChI=1S/C7H10N2O3/c1-3-5(2)9(7(8)12)6(11)4-10/h1,5,10H,4H2,2H3,(H2,8,12). The van der Waals surface area contributed by atoms with Gasteiger partial charge in [0.05, 0.1) is 6.04 Å². The molecule has 3 N–H and O–H groups in total. The van der Waals surface area contributed by atoms with Crippen LogP contribution in [-0.2, 0) is 4.79 Å². The normalized spacial score (nSPS) is 11.4. The van der Waals surface area contributed by atoms with E-state index in [4.69, 9.17) is 17.3 Å². The number of nitrogens with two attached hydrogens (primary N) is 1. The molecule has 1 atom stereocenters. The van der Waals surface area contributed by atoms with E-state index >= 15 is 0 Å². The predicted molar refractivity (Wildman–Crippen MR) is 41.8 cm³/mol. The SMILES string of the molecule is C#CC(C)N(C(N)=O)C(=O)CO. The predicted octanol–water partition coefficient (Wildman–Crippen LogP) is -1.09. The van der Waals surface area contributed by atoms with Crippen LogP contribution in [0.3, 0.4) is 0 Å². The van der Waals surface area contributed by atoms with Gasteiger partial charge in [0, 0.05) is 0 Å². The van der Waals surface area contributed by atoms with Crippen LogP contribution in [0.1, 0.15) is 6.92 Å². The summed E-state index contributed by atoms with van der Waals surface area (Å²) in [4.78, 5) is 22.1. The number of nitrogens with zero attached hydrogens (tertiary/aromatic N) is 1. The molecule has 0 rings (SSSR count). The fraction of sp³-hybridized carbons (Fsp3) is 0.429. The number of hydrogen-bond donors (Lipinski definition) is 2. The molecule has 0 bridgehead atoms. The maximum Gasteiger partial charge on any atom is 0.322 e. The van der Waals surface area contributed by atoms with Crippen LogP contribution < -0.4 is 5.73 Å². The van der Waals surface area contributed by atoms with E-state index < -0.39 is 24.6 Å². The second-order valence-electron chi connectivity index (χ2n) is 2.10. The molecule has 0 saturated heterocycles. The highest BCUT2D eigenvalue weighted by Crippen LogP contribution is 1.97. The van der Waals surface area contributed by atoms with Crippen LogP contribution in [0.5, 0.6) is 0 Å². The largest absolute Gasteiger partial charge is 0.387 e. The van der Waals surface area contributed by atoms with Crippen LogP contribution in [-0.4, -0.2) is 34.6 Å². The van der Waals surface area contributed by atoms with Crippen LogP contribution in [0.4, 0.5) is 4.79 Å². The number of urea groups is 1. The van der Waals surface area contributed by atoms with E-state index in [2.05, 4.69) is 5.92 Å². The Morgan fingerprint density at radius 2 is 2.25 bits per heavy atom. The fourth-order valence-electron chi connectivity index (χ4n) is 0.680. The highest BCUT2D eigenvalue weighted by molar-refractivity contribution is 5.94. The van der Waals surface area contributed by atoms with E-state index in [1.807, 2.05) is 0 Å². The second-order valence-corrected chi connectivity index (χ2v) is 2.10. The van der Waals surface area contributed by atoms with Crippen molar-refractivity contribution in [3.8, 4) is 12.3 Å². The van der Waals surface area contributed by atoms with Gasteiger partial charge in [0.1, 0.15) is 6.61 Å². The summed E-state index contributed by atoms with van der Waals surface area (Å²) in [5, 5.41) is 8.43. The molecule has 0 radical (unpaired) electrons. The molecule has 0 aliphatic rings. The average molecular weight is 170 g/mol. The Morgan fingerprint density at radius 1 is 1.75 bits per heavy atom. The van der Waals surface area contributed by atoms with Crippen molar-refractivity contribution in [1.29, 1.82) is 0 Å². The quantitative estimate of drug-likeness (QED) is 0.516. The molecule has 66 valence electrons. The summed E-state index contributed by atoms with van der Waals surface area (Å²) in [5.74, 6) is 1.36. The lowest BCUT2D eigenvalue weighted by Crippen LogP contribution is -2.47. The van der Waals surface area contributed by atoms with Crippen molar-refractivity contribution in [3.05, 3.63) is 0 Å². The number of carbonyl (C=O) groups excluding carboxylic acids is 2. The molecule has 0 aliphatic carbocycles. The van der Waals surface area contributed by atoms with E-state index in [9.17, 15) is 9.59 Å². The highest BCUT2D eigenvalue weighted by atomic mass is 16.3. The van der Waals surface area contributed by atoms with Crippen molar-refractivity contribution in [2.24, 2.45) is 5.73 Å². The van der Waals surface area contributed by atoms with Gasteiger partial charge < -0.3 is 10.8 Å². The van der Waals surface area contributed by atoms with Gasteiger partial charge in [-0.25, -0.2) is 9.69 Å². The Balaban J connectivity index is 4.57. The third-order valence-corrected chi connectivity index (χ3v) is 1.27. The van der Waals surface area contributed by atoms with Gasteiger partial charge in [0.2, 0.25) is 0 Å². The summed E-state index contributed by atoms with van der Waals surface area (Å²) in [7, 11) is 0. The molecule has 3 amide bonds. The fourth-order valence-corrected chi connectivity index (χ4v) is 0.680. The van der Waals surface area contributed by atoms with Crippen molar-refractivity contribution in [2.45, 2.75) is 13.0 Å². The summed E-state index contributed by atoms with van der Waals surface area (Å²) < 4.78 is 0. The molecule has 0 heterocycles. The average Bonchev–Trinajstić information content (AvgIpc) is 2.03. The third kappa shape index (κ3) is 2.25. The van der Waals surface area contributed by atoms with Crippen molar-refractivity contribution in [3.63, 3.8) is 0 Å². The molecule has 5 nitrogen and oxygen atoms in total. The summed E-state index contributed by atoms with van der Waals surface area (Å²) in [5.41, 5.74) is 4.85. The number of amides is 3. The first kappa shape index (κ1) is 10.5. The van der Waals surface area contributed by atoms with Gasteiger partial charge in [0.25, 0.3) is 5.91 Å². The van der Waals surface area contributed by atoms with Gasteiger partial charge in [-0.15, -0.1) is 6.42 Å². The molecule has 0 aromatic rings. The Bertz CT molecular complexity index is 231. The molecule has 0 aromatic carbocycles. The van der Waals surface area contributed by atoms with Gasteiger partial charge in [-0.05, 0) is 6.92 Å². The minimum Gasteiger partial charge on any atom is -0.387 e. The van der Waals surface area contributed by atoms with E-state index in [0.717, 1.165) is 0 Å². The van der Waals surface area contributed by atoms with Gasteiger partial charge in [0.15, 0.2) is 0 Å². The molecule has 0 aliphatic heterocycles. The van der Waals surface area contributed by atoms with Crippen LogP contribution >= 0.6 is 0 Å². The number of rotatable bonds is 2. The lowest BCUT2D eigenvalue weighted by atomic mass is 10.3. The number of carbonyl (C=O) groups is 2. The molecule has 0 fully saturated rings. The third-order valence-electron chi connectivity index (χ3n) is 1.27. The molecule has 12 heavy (non-hydrogen) atoms. The van der Waals surface area contributed by atoms with Gasteiger partial charge >= 0.3 is 6.03 Å². The first-order valence-electron chi connectivity index (χ1n) is 3.23. The maximum atomic E-state index is 10.8. The lowest BCUT2D eigenvalue weighted by Gasteiger charge is -2.20. The molecular weight excluding hydrogens is 160 g/mol. The zero-order chi connectivity index (χ0) is 9.72. The summed E-state index contributed by atoms with van der Waals surface area (Å²) in [6.07, 6.45) is 4.97. The first-order valence-corrected chi connectivity index (χ1v) is 3.23. The van der Waals surface area contributed by atoms with Gasteiger partial charge in [-0.3, -0.25) is 4.79 Å². The molecule has 1 unspecified atom stereocenters. The molecule has 0 aromatic heterocycles. The van der Waals surface area contributed by atoms with Crippen molar-refractivity contribution in [1.82, 2.24) is 4.90 Å². The molecular formula is C7H10N2O3. The minimum absolute atomic E-state index is 0.625. The number of hydrogen-bond acceptors (Lipinski definition) is 3. The van der Waals surface area contributed by atoms with Crippen LogP contribution in [0.2, 0.25) is 0 Å². The maximum absolute atomic E-state index is 10.8. The summed E-state index contributed by atoms with van der Waals surface area (Å²) in [6, 6.07) is -1.69. The van der Waals surface area contributed by atoms with Crippen molar-refractivity contribution < 1.29 is 14.7 Å². The molecule has 0 spiro atoms. The Morgan fingerprint density at radius 3 is 2.50 bits per heavy atom. The Hall–Kier alpha value is -1.54. The number of imide groups is 1. The number of primary amides is 1. The highest BCUT2D eigenvalue weighted by Gasteiger charge is 2.22. The van der Waals surface area contributed by atoms with E-state index in [1.165, 1.54) is 6.92 Å². The van der Waals surface area contributed by atoms with E-state index in [0.29, 0.717) is 4.90 Å². The molecule has 0 saturated carbocycles. The monoisotopic (exact) mass is 170 g/mol. The Kier molecular flexibility index (Phi) is 3.80. The van der Waals surface area contributed by atoms with E-state index in [-0.39, 0.29) is 0 Å². The lowest BCUT2D eigenvalue weighted by molar-refractivity contribution is -0.131. The minimum atomic E-state index is -0.959. The zero-order valence-electron chi connectivity index (χ0n) is 6.65. The Labute approximate surface area is 70.1 Å². The summed E-state index contributed by atoms with van der Waals surface area (Å²) >= 11 is 0. The number of aliphatic hydroxyl groups excluding tert-OH is 1. The topological polar surface area (TPSA) is 83.6 Å². The second kappa shape index (κ2) is 4.36. The zero-order valence-corrected chi connectivity index (χ0v) is 6.65. The molecule has 5 heteroatoms. The van der Waals surface area contributed by atoms with Crippen molar-refractivity contribution in [2.75, 3.05) is 6.61 Å². The van der Waals surface area contributed by atoms with Crippen LogP contribution in [0, 0.1) is 12.3 Å². The van der Waals surface area contributed by atoms with Crippen LogP contribution in [0.25, 0.3) is 0 Å². The van der Waals surface area contributed by atoms with E-state index in [1.54, 1.807) is 0 Å². The van der Waals surface area contributed by atoms with Crippen LogP contribution in [0.15, 0.2) is 0 Å². The summed E-state index contributed by atoms with van der Waals surface area (Å²) in [6.45, 7) is 0.674. The number of terminal acetylenes is 1. The number of aliphatic hydroxyl groups is 1. The van der Waals surface area contributed by atoms with Gasteiger partial charge in [-0.2, -0.15) is 0 Å². The smallest absolute Gasteiger partial charge is 0.322 e. The van der Waals surface area contributed by atoms with Gasteiger partial charge in [-0.1, -0.05) is 5.92 Å². The van der Waals surface area contributed by atoms with Crippen molar-refractivity contribution >= 4 is 11.9 Å². The first-order chi connectivity index (χ1) is 5.54.